The Morgan fingerprint density at radius 2 is 1.84 bits per heavy atom. The Morgan fingerprint density at radius 3 is 2.47 bits per heavy atom. The van der Waals surface area contributed by atoms with Crippen LogP contribution in [0.5, 0.6) is 0 Å². The molecule has 1 aliphatic heterocycles. The molecule has 0 aliphatic carbocycles. The zero-order valence-electron chi connectivity index (χ0n) is 10.2. The second-order valence-electron chi connectivity index (χ2n) is 4.24. The normalized spacial score (nSPS) is 15.5. The first-order chi connectivity index (χ1) is 9.08. The summed E-state index contributed by atoms with van der Waals surface area (Å²) in [5, 5.41) is 8.63. The van der Waals surface area contributed by atoms with Crippen LogP contribution < -0.4 is 0 Å². The molecule has 0 aromatic heterocycles. The van der Waals surface area contributed by atoms with E-state index in [4.69, 9.17) is 5.11 Å². The molecule has 0 radical (unpaired) electrons. The van der Waals surface area contributed by atoms with E-state index in [1.165, 1.54) is 11.0 Å². The first-order valence-corrected chi connectivity index (χ1v) is 5.90. The maximum Gasteiger partial charge on any atom is 0.328 e. The Kier molecular flexibility index (Phi) is 3.75. The maximum absolute atomic E-state index is 11.6. The summed E-state index contributed by atoms with van der Waals surface area (Å²) in [6, 6.07) is 7.09. The molecule has 2 rings (SSSR count). The van der Waals surface area contributed by atoms with Crippen molar-refractivity contribution in [3.63, 3.8) is 0 Å². The standard InChI is InChI=1S/C14H13NO4/c16-12-6-7-13(17)15(12)9-11-4-2-1-3-10(11)5-8-14(18)19/h1-5,8H,6-7,9H2,(H,18,19). The molecule has 1 aliphatic rings. The molecule has 19 heavy (non-hydrogen) atoms. The lowest BCUT2D eigenvalue weighted by atomic mass is 10.1. The Hall–Kier alpha value is -2.43. The summed E-state index contributed by atoms with van der Waals surface area (Å²) in [7, 11) is 0. The van der Waals surface area contributed by atoms with Crippen LogP contribution in [0, 0.1) is 0 Å². The minimum absolute atomic E-state index is 0.179. The average Bonchev–Trinajstić information content (AvgIpc) is 2.69. The topological polar surface area (TPSA) is 74.7 Å². The fourth-order valence-electron chi connectivity index (χ4n) is 1.97. The van der Waals surface area contributed by atoms with Crippen LogP contribution in [0.25, 0.3) is 6.08 Å². The molecule has 5 heteroatoms. The number of benzene rings is 1. The number of imide groups is 1. The number of carbonyl (C=O) groups excluding carboxylic acids is 2. The molecule has 1 fully saturated rings. The van der Waals surface area contributed by atoms with E-state index in [0.29, 0.717) is 5.56 Å². The van der Waals surface area contributed by atoms with Gasteiger partial charge in [0.15, 0.2) is 0 Å². The number of amides is 2. The van der Waals surface area contributed by atoms with Crippen molar-refractivity contribution in [2.75, 3.05) is 0 Å². The van der Waals surface area contributed by atoms with Crippen LogP contribution in [0.2, 0.25) is 0 Å². The molecule has 1 saturated heterocycles. The smallest absolute Gasteiger partial charge is 0.328 e. The number of hydrogen-bond acceptors (Lipinski definition) is 3. The van der Waals surface area contributed by atoms with Gasteiger partial charge in [-0.1, -0.05) is 24.3 Å². The van der Waals surface area contributed by atoms with Crippen molar-refractivity contribution in [1.29, 1.82) is 0 Å². The van der Waals surface area contributed by atoms with Crippen LogP contribution >= 0.6 is 0 Å². The van der Waals surface area contributed by atoms with E-state index in [9.17, 15) is 14.4 Å². The molecule has 1 aromatic carbocycles. The molecule has 0 spiro atoms. The summed E-state index contributed by atoms with van der Waals surface area (Å²) < 4.78 is 0. The predicted octanol–water partition coefficient (Wildman–Crippen LogP) is 1.43. The molecule has 0 unspecified atom stereocenters. The van der Waals surface area contributed by atoms with E-state index in [2.05, 4.69) is 0 Å². The largest absolute Gasteiger partial charge is 0.478 e. The monoisotopic (exact) mass is 259 g/mol. The van der Waals surface area contributed by atoms with Gasteiger partial charge in [0.2, 0.25) is 11.8 Å². The number of rotatable bonds is 4. The second kappa shape index (κ2) is 5.48. The SMILES string of the molecule is O=C(O)C=Cc1ccccc1CN1C(=O)CCC1=O. The highest BCUT2D eigenvalue weighted by Crippen LogP contribution is 2.19. The molecule has 0 bridgehead atoms. The third kappa shape index (κ3) is 3.07. The zero-order chi connectivity index (χ0) is 13.8. The van der Waals surface area contributed by atoms with E-state index < -0.39 is 5.97 Å². The molecule has 1 aromatic rings. The lowest BCUT2D eigenvalue weighted by Crippen LogP contribution is -2.28. The highest BCUT2D eigenvalue weighted by atomic mass is 16.4. The molecular weight excluding hydrogens is 246 g/mol. The Labute approximate surface area is 110 Å². The fourth-order valence-corrected chi connectivity index (χ4v) is 1.97. The van der Waals surface area contributed by atoms with Crippen molar-refractivity contribution in [2.45, 2.75) is 19.4 Å². The van der Waals surface area contributed by atoms with Gasteiger partial charge in [0, 0.05) is 18.9 Å². The third-order valence-corrected chi connectivity index (χ3v) is 2.94. The van der Waals surface area contributed by atoms with Crippen LogP contribution in [-0.4, -0.2) is 27.8 Å². The van der Waals surface area contributed by atoms with Gasteiger partial charge in [0.05, 0.1) is 6.54 Å². The van der Waals surface area contributed by atoms with Gasteiger partial charge in [-0.25, -0.2) is 4.79 Å². The van der Waals surface area contributed by atoms with E-state index in [-0.39, 0.29) is 31.2 Å². The third-order valence-electron chi connectivity index (χ3n) is 2.94. The lowest BCUT2D eigenvalue weighted by Gasteiger charge is -2.15. The van der Waals surface area contributed by atoms with Crippen LogP contribution in [-0.2, 0) is 20.9 Å². The summed E-state index contributed by atoms with van der Waals surface area (Å²) in [6.07, 6.45) is 3.01. The summed E-state index contributed by atoms with van der Waals surface area (Å²) in [4.78, 5) is 34.9. The molecule has 1 N–H and O–H groups in total. The molecule has 0 atom stereocenters. The van der Waals surface area contributed by atoms with Gasteiger partial charge >= 0.3 is 5.97 Å². The van der Waals surface area contributed by atoms with Crippen LogP contribution in [0.4, 0.5) is 0 Å². The number of likely N-dealkylation sites (tertiary alicyclic amines) is 1. The lowest BCUT2D eigenvalue weighted by molar-refractivity contribution is -0.139. The van der Waals surface area contributed by atoms with Gasteiger partial charge in [-0.15, -0.1) is 0 Å². The van der Waals surface area contributed by atoms with Crippen LogP contribution in [0.1, 0.15) is 24.0 Å². The molecular formula is C14H13NO4. The Morgan fingerprint density at radius 1 is 1.21 bits per heavy atom. The minimum Gasteiger partial charge on any atom is -0.478 e. The van der Waals surface area contributed by atoms with Crippen LogP contribution in [0.15, 0.2) is 30.3 Å². The van der Waals surface area contributed by atoms with E-state index in [1.807, 2.05) is 0 Å². The van der Waals surface area contributed by atoms with Gasteiger partial charge in [0.1, 0.15) is 0 Å². The van der Waals surface area contributed by atoms with Gasteiger partial charge in [-0.05, 0) is 17.2 Å². The van der Waals surface area contributed by atoms with Crippen molar-refractivity contribution < 1.29 is 19.5 Å². The number of aliphatic carboxylic acids is 1. The number of carbonyl (C=O) groups is 3. The molecule has 2 amide bonds. The summed E-state index contributed by atoms with van der Waals surface area (Å²) in [6.45, 7) is 0.192. The minimum atomic E-state index is -1.04. The van der Waals surface area contributed by atoms with Crippen molar-refractivity contribution in [3.05, 3.63) is 41.5 Å². The zero-order valence-corrected chi connectivity index (χ0v) is 10.2. The van der Waals surface area contributed by atoms with Gasteiger partial charge in [0.25, 0.3) is 0 Å². The molecule has 0 saturated carbocycles. The van der Waals surface area contributed by atoms with Crippen molar-refractivity contribution in [1.82, 2.24) is 4.90 Å². The number of hydrogen-bond donors (Lipinski definition) is 1. The first-order valence-electron chi connectivity index (χ1n) is 5.90. The highest BCUT2D eigenvalue weighted by Gasteiger charge is 2.28. The van der Waals surface area contributed by atoms with Crippen molar-refractivity contribution in [3.8, 4) is 0 Å². The second-order valence-corrected chi connectivity index (χ2v) is 4.24. The summed E-state index contributed by atoms with van der Waals surface area (Å²) in [5.41, 5.74) is 1.45. The van der Waals surface area contributed by atoms with E-state index in [0.717, 1.165) is 11.6 Å². The maximum atomic E-state index is 11.6. The molecule has 5 nitrogen and oxygen atoms in total. The van der Waals surface area contributed by atoms with E-state index in [1.54, 1.807) is 24.3 Å². The molecule has 98 valence electrons. The fraction of sp³-hybridized carbons (Fsp3) is 0.214. The van der Waals surface area contributed by atoms with Crippen LogP contribution in [0.3, 0.4) is 0 Å². The predicted molar refractivity (Wildman–Crippen MR) is 67.9 cm³/mol. The highest BCUT2D eigenvalue weighted by molar-refractivity contribution is 6.01. The summed E-state index contributed by atoms with van der Waals surface area (Å²) in [5.74, 6) is -1.40. The quantitative estimate of drug-likeness (QED) is 0.655. The van der Waals surface area contributed by atoms with Gasteiger partial charge in [-0.3, -0.25) is 14.5 Å². The molecule has 1 heterocycles. The Balaban J connectivity index is 2.23. The van der Waals surface area contributed by atoms with Gasteiger partial charge in [-0.2, -0.15) is 0 Å². The first kappa shape index (κ1) is 13.0. The summed E-state index contributed by atoms with van der Waals surface area (Å²) >= 11 is 0. The van der Waals surface area contributed by atoms with Crippen molar-refractivity contribution in [2.24, 2.45) is 0 Å². The Bertz CT molecular complexity index is 546. The van der Waals surface area contributed by atoms with Gasteiger partial charge < -0.3 is 5.11 Å². The number of carboxylic acids is 1. The van der Waals surface area contributed by atoms with E-state index >= 15 is 0 Å². The average molecular weight is 259 g/mol. The number of carboxylic acid groups (broad SMARTS) is 1. The van der Waals surface area contributed by atoms with Crippen molar-refractivity contribution >= 4 is 23.9 Å². The number of nitrogens with zero attached hydrogens (tertiary/aromatic N) is 1.